The summed E-state index contributed by atoms with van der Waals surface area (Å²) in [5, 5.41) is 2.48. The number of hydrogen-bond acceptors (Lipinski definition) is 2. The first-order valence-electron chi connectivity index (χ1n) is 4.39. The molecule has 2 atom stereocenters. The van der Waals surface area contributed by atoms with E-state index in [0.717, 1.165) is 6.42 Å². The van der Waals surface area contributed by atoms with Gasteiger partial charge in [0, 0.05) is 17.0 Å². The molecule has 0 saturated carbocycles. The quantitative estimate of drug-likeness (QED) is 0.741. The summed E-state index contributed by atoms with van der Waals surface area (Å²) in [7, 11) is 0. The number of hydrogen-bond donors (Lipinski definition) is 1. The molecule has 1 rings (SSSR count). The highest BCUT2D eigenvalue weighted by Crippen LogP contribution is 2.25. The van der Waals surface area contributed by atoms with E-state index < -0.39 is 12.1 Å². The first-order chi connectivity index (χ1) is 6.39. The summed E-state index contributed by atoms with van der Waals surface area (Å²) in [6.45, 7) is 2.03. The van der Waals surface area contributed by atoms with E-state index in [-0.39, 0.29) is 6.04 Å². The molecule has 1 aliphatic heterocycles. The van der Waals surface area contributed by atoms with Crippen LogP contribution in [0.5, 0.6) is 0 Å². The normalized spacial score (nSPS) is 28.6. The van der Waals surface area contributed by atoms with Crippen LogP contribution < -0.4 is 5.32 Å². The second-order valence-corrected chi connectivity index (χ2v) is 4.86. The smallest absolute Gasteiger partial charge is 0.345 e. The van der Waals surface area contributed by atoms with E-state index in [0.29, 0.717) is 17.4 Å². The van der Waals surface area contributed by atoms with Gasteiger partial charge >= 0.3 is 12.1 Å². The Bertz CT molecular complexity index is 211. The zero-order valence-corrected chi connectivity index (χ0v) is 8.54. The fourth-order valence-electron chi connectivity index (χ4n) is 1.26. The molecule has 2 unspecified atom stereocenters. The molecule has 1 N–H and O–H groups in total. The van der Waals surface area contributed by atoms with Crippen molar-refractivity contribution in [3.05, 3.63) is 0 Å². The largest absolute Gasteiger partial charge is 0.471 e. The Balaban J connectivity index is 2.35. The summed E-state index contributed by atoms with van der Waals surface area (Å²) < 4.78 is 35.6. The van der Waals surface area contributed by atoms with E-state index in [1.54, 1.807) is 11.8 Å². The van der Waals surface area contributed by atoms with Crippen molar-refractivity contribution in [2.75, 3.05) is 5.75 Å². The van der Waals surface area contributed by atoms with Gasteiger partial charge in [-0.25, -0.2) is 0 Å². The number of amides is 1. The van der Waals surface area contributed by atoms with E-state index in [9.17, 15) is 18.0 Å². The number of rotatable bonds is 1. The van der Waals surface area contributed by atoms with Crippen LogP contribution in [0.2, 0.25) is 0 Å². The average molecular weight is 227 g/mol. The van der Waals surface area contributed by atoms with Gasteiger partial charge in [0.05, 0.1) is 0 Å². The molecule has 14 heavy (non-hydrogen) atoms. The summed E-state index contributed by atoms with van der Waals surface area (Å²) >= 11 is 1.60. The molecular weight excluding hydrogens is 215 g/mol. The highest BCUT2D eigenvalue weighted by atomic mass is 32.2. The molecule has 0 aromatic carbocycles. The van der Waals surface area contributed by atoms with Crippen molar-refractivity contribution >= 4 is 17.7 Å². The number of carbonyl (C=O) groups excluding carboxylic acids is 1. The highest BCUT2D eigenvalue weighted by Gasteiger charge is 2.40. The number of nitrogens with one attached hydrogen (secondary N) is 1. The zero-order valence-electron chi connectivity index (χ0n) is 7.73. The first-order valence-corrected chi connectivity index (χ1v) is 5.43. The molecule has 0 radical (unpaired) electrons. The maximum atomic E-state index is 11.9. The molecule has 0 aliphatic carbocycles. The molecular formula is C8H12F3NOS. The number of alkyl halides is 3. The van der Waals surface area contributed by atoms with Crippen molar-refractivity contribution in [3.8, 4) is 0 Å². The Morgan fingerprint density at radius 1 is 1.43 bits per heavy atom. The van der Waals surface area contributed by atoms with Gasteiger partial charge < -0.3 is 5.32 Å². The van der Waals surface area contributed by atoms with Gasteiger partial charge in [0.1, 0.15) is 0 Å². The maximum Gasteiger partial charge on any atom is 0.471 e. The number of thioether (sulfide) groups is 1. The van der Waals surface area contributed by atoms with Crippen molar-refractivity contribution in [3.63, 3.8) is 0 Å². The van der Waals surface area contributed by atoms with Gasteiger partial charge in [-0.05, 0) is 12.8 Å². The molecule has 0 bridgehead atoms. The predicted molar refractivity (Wildman–Crippen MR) is 49.1 cm³/mol. The predicted octanol–water partition coefficient (Wildman–Crippen LogP) is 1.95. The van der Waals surface area contributed by atoms with Gasteiger partial charge in [-0.3, -0.25) is 4.79 Å². The van der Waals surface area contributed by atoms with Crippen molar-refractivity contribution in [2.45, 2.75) is 37.2 Å². The van der Waals surface area contributed by atoms with Crippen LogP contribution in [0.1, 0.15) is 19.8 Å². The van der Waals surface area contributed by atoms with Crippen LogP contribution in [0.25, 0.3) is 0 Å². The summed E-state index contributed by atoms with van der Waals surface area (Å²) in [5.74, 6) is -1.25. The van der Waals surface area contributed by atoms with Crippen LogP contribution in [-0.2, 0) is 4.79 Å². The average Bonchev–Trinajstić information content (AvgIpc) is 2.07. The lowest BCUT2D eigenvalue weighted by molar-refractivity contribution is -0.174. The Morgan fingerprint density at radius 2 is 2.07 bits per heavy atom. The summed E-state index contributed by atoms with van der Waals surface area (Å²) in [5.41, 5.74) is 0. The van der Waals surface area contributed by atoms with Crippen LogP contribution in [0.15, 0.2) is 0 Å². The van der Waals surface area contributed by atoms with Gasteiger partial charge in [0.25, 0.3) is 0 Å². The second-order valence-electron chi connectivity index (χ2n) is 3.39. The molecule has 1 aliphatic rings. The van der Waals surface area contributed by atoms with Gasteiger partial charge in [-0.15, -0.1) is 0 Å². The van der Waals surface area contributed by atoms with Gasteiger partial charge in [-0.1, -0.05) is 6.92 Å². The zero-order chi connectivity index (χ0) is 10.8. The molecule has 0 spiro atoms. The van der Waals surface area contributed by atoms with Gasteiger partial charge in [0.2, 0.25) is 0 Å². The third-order valence-corrected chi connectivity index (χ3v) is 3.50. The van der Waals surface area contributed by atoms with Crippen LogP contribution in [0.4, 0.5) is 13.2 Å². The SMILES string of the molecule is CC1CCC(NC(=O)C(F)(F)F)CS1. The highest BCUT2D eigenvalue weighted by molar-refractivity contribution is 7.99. The Labute approximate surface area is 84.6 Å². The fourth-order valence-corrected chi connectivity index (χ4v) is 2.38. The molecule has 82 valence electrons. The Kier molecular flexibility index (Phi) is 3.69. The monoisotopic (exact) mass is 227 g/mol. The number of halogens is 3. The van der Waals surface area contributed by atoms with Crippen LogP contribution in [0, 0.1) is 0 Å². The van der Waals surface area contributed by atoms with Crippen LogP contribution in [0.3, 0.4) is 0 Å². The minimum absolute atomic E-state index is 0.328. The molecule has 0 aromatic heterocycles. The van der Waals surface area contributed by atoms with Crippen molar-refractivity contribution in [2.24, 2.45) is 0 Å². The standard InChI is InChI=1S/C8H12F3NOS/c1-5-2-3-6(4-14-5)12-7(13)8(9,10)11/h5-6H,2-4H2,1H3,(H,12,13). The lowest BCUT2D eigenvalue weighted by atomic mass is 10.1. The minimum atomic E-state index is -4.76. The molecule has 6 heteroatoms. The maximum absolute atomic E-state index is 11.9. The summed E-state index contributed by atoms with van der Waals surface area (Å²) in [6.07, 6.45) is -3.27. The van der Waals surface area contributed by atoms with Crippen LogP contribution in [-0.4, -0.2) is 29.1 Å². The van der Waals surface area contributed by atoms with E-state index >= 15 is 0 Å². The fraction of sp³-hybridized carbons (Fsp3) is 0.875. The first kappa shape index (κ1) is 11.7. The minimum Gasteiger partial charge on any atom is -0.345 e. The summed E-state index contributed by atoms with van der Waals surface area (Å²) in [6, 6.07) is -0.328. The molecule has 2 nitrogen and oxygen atoms in total. The van der Waals surface area contributed by atoms with Crippen LogP contribution >= 0.6 is 11.8 Å². The third-order valence-electron chi connectivity index (χ3n) is 2.10. The molecule has 0 aromatic rings. The van der Waals surface area contributed by atoms with E-state index in [1.165, 1.54) is 0 Å². The Morgan fingerprint density at radius 3 is 2.50 bits per heavy atom. The van der Waals surface area contributed by atoms with Gasteiger partial charge in [-0.2, -0.15) is 24.9 Å². The molecule has 1 saturated heterocycles. The number of carbonyl (C=O) groups is 1. The lowest BCUT2D eigenvalue weighted by Crippen LogP contribution is -2.45. The van der Waals surface area contributed by atoms with Crippen molar-refractivity contribution in [1.82, 2.24) is 5.32 Å². The molecule has 1 fully saturated rings. The third kappa shape index (κ3) is 3.40. The van der Waals surface area contributed by atoms with E-state index in [2.05, 4.69) is 0 Å². The Hall–Kier alpha value is -0.390. The summed E-state index contributed by atoms with van der Waals surface area (Å²) in [4.78, 5) is 10.6. The second kappa shape index (κ2) is 4.42. The van der Waals surface area contributed by atoms with Crippen molar-refractivity contribution in [1.29, 1.82) is 0 Å². The molecule has 1 amide bonds. The topological polar surface area (TPSA) is 29.1 Å². The van der Waals surface area contributed by atoms with E-state index in [4.69, 9.17) is 0 Å². The van der Waals surface area contributed by atoms with Gasteiger partial charge in [0.15, 0.2) is 0 Å². The molecule has 1 heterocycles. The lowest BCUT2D eigenvalue weighted by Gasteiger charge is -2.26. The van der Waals surface area contributed by atoms with E-state index in [1.807, 2.05) is 12.2 Å². The van der Waals surface area contributed by atoms with Crippen molar-refractivity contribution < 1.29 is 18.0 Å².